The van der Waals surface area contributed by atoms with Crippen molar-refractivity contribution in [3.8, 4) is 11.1 Å². The number of alkyl carbamates (subject to hydrolysis) is 1. The number of aliphatic hydroxyl groups excluding tert-OH is 1. The van der Waals surface area contributed by atoms with Gasteiger partial charge < -0.3 is 25.2 Å². The summed E-state index contributed by atoms with van der Waals surface area (Å²) in [5, 5.41) is 21.8. The highest BCUT2D eigenvalue weighted by Gasteiger charge is 2.30. The van der Waals surface area contributed by atoms with Crippen molar-refractivity contribution in [1.29, 1.82) is 0 Å². The Balaban J connectivity index is 1.25. The van der Waals surface area contributed by atoms with E-state index in [1.165, 1.54) is 4.90 Å². The summed E-state index contributed by atoms with van der Waals surface area (Å²) in [6.07, 6.45) is -0.756. The van der Waals surface area contributed by atoms with Crippen LogP contribution in [0.3, 0.4) is 0 Å². The normalized spacial score (nSPS) is 18.2. The second-order valence-corrected chi connectivity index (χ2v) is 8.58. The summed E-state index contributed by atoms with van der Waals surface area (Å²) in [7, 11) is 0. The van der Waals surface area contributed by atoms with E-state index in [4.69, 9.17) is 9.84 Å². The molecule has 1 heterocycles. The number of aliphatic carboxylic acids is 1. The van der Waals surface area contributed by atoms with E-state index in [0.29, 0.717) is 19.4 Å². The SMILES string of the molecule is O=C(NCC(O)CC(=O)N1CCCC(C(=O)O)C1)OCC1c2ccccc2-c2ccccc21. The summed E-state index contributed by atoms with van der Waals surface area (Å²) in [4.78, 5) is 37.2. The summed E-state index contributed by atoms with van der Waals surface area (Å²) in [6, 6.07) is 16.1. The summed E-state index contributed by atoms with van der Waals surface area (Å²) < 4.78 is 5.43. The highest BCUT2D eigenvalue weighted by molar-refractivity contribution is 5.79. The van der Waals surface area contributed by atoms with Crippen molar-refractivity contribution in [2.45, 2.75) is 31.3 Å². The van der Waals surface area contributed by atoms with Crippen molar-refractivity contribution in [3.63, 3.8) is 0 Å². The summed E-state index contributed by atoms with van der Waals surface area (Å²) >= 11 is 0. The quantitative estimate of drug-likeness (QED) is 0.595. The van der Waals surface area contributed by atoms with Gasteiger partial charge in [0.1, 0.15) is 6.61 Å². The van der Waals surface area contributed by atoms with Crippen LogP contribution in [0.15, 0.2) is 48.5 Å². The van der Waals surface area contributed by atoms with E-state index >= 15 is 0 Å². The largest absolute Gasteiger partial charge is 0.481 e. The molecule has 0 saturated carbocycles. The van der Waals surface area contributed by atoms with Crippen LogP contribution in [0.1, 0.15) is 36.3 Å². The van der Waals surface area contributed by atoms with Gasteiger partial charge in [-0.25, -0.2) is 4.79 Å². The lowest BCUT2D eigenvalue weighted by Crippen LogP contribution is -2.44. The van der Waals surface area contributed by atoms with Gasteiger partial charge in [0.25, 0.3) is 0 Å². The molecule has 33 heavy (non-hydrogen) atoms. The van der Waals surface area contributed by atoms with Gasteiger partial charge in [-0.1, -0.05) is 48.5 Å². The highest BCUT2D eigenvalue weighted by Crippen LogP contribution is 2.44. The van der Waals surface area contributed by atoms with Crippen molar-refractivity contribution in [2.75, 3.05) is 26.2 Å². The van der Waals surface area contributed by atoms with E-state index in [9.17, 15) is 19.5 Å². The third-order valence-electron chi connectivity index (χ3n) is 6.36. The van der Waals surface area contributed by atoms with Crippen LogP contribution in [0, 0.1) is 5.92 Å². The molecule has 4 rings (SSSR count). The second-order valence-electron chi connectivity index (χ2n) is 8.58. The third-order valence-corrected chi connectivity index (χ3v) is 6.36. The number of amides is 2. The number of ether oxygens (including phenoxy) is 1. The van der Waals surface area contributed by atoms with Crippen molar-refractivity contribution in [1.82, 2.24) is 10.2 Å². The van der Waals surface area contributed by atoms with E-state index in [-0.39, 0.29) is 37.9 Å². The minimum atomic E-state index is -1.08. The molecule has 0 bridgehead atoms. The summed E-state index contributed by atoms with van der Waals surface area (Å²) in [5.74, 6) is -1.86. The molecular formula is C25H28N2O6. The number of carbonyl (C=O) groups excluding carboxylic acids is 2. The molecule has 174 valence electrons. The molecule has 0 aromatic heterocycles. The Morgan fingerprint density at radius 2 is 1.70 bits per heavy atom. The van der Waals surface area contributed by atoms with Crippen LogP contribution >= 0.6 is 0 Å². The molecule has 2 aromatic rings. The molecule has 1 aliphatic carbocycles. The predicted molar refractivity (Wildman–Crippen MR) is 121 cm³/mol. The number of hydrogen-bond acceptors (Lipinski definition) is 5. The first-order valence-corrected chi connectivity index (χ1v) is 11.2. The Labute approximate surface area is 192 Å². The fourth-order valence-electron chi connectivity index (χ4n) is 4.66. The van der Waals surface area contributed by atoms with E-state index in [2.05, 4.69) is 17.4 Å². The molecule has 3 N–H and O–H groups in total. The van der Waals surface area contributed by atoms with Gasteiger partial charge in [0, 0.05) is 25.6 Å². The van der Waals surface area contributed by atoms with Gasteiger partial charge in [-0.2, -0.15) is 0 Å². The van der Waals surface area contributed by atoms with Crippen LogP contribution in [-0.4, -0.2) is 65.4 Å². The molecule has 2 aromatic carbocycles. The number of hydrogen-bond donors (Lipinski definition) is 3. The maximum atomic E-state index is 12.4. The molecule has 2 atom stereocenters. The average molecular weight is 453 g/mol. The standard InChI is InChI=1S/C25H28N2O6/c28-17(12-23(29)27-11-5-6-16(14-27)24(30)31)13-26-25(32)33-15-22-20-9-3-1-7-18(20)19-8-2-4-10-21(19)22/h1-4,7-10,16-17,22,28H,5-6,11-15H2,(H,26,32)(H,30,31). The van der Waals surface area contributed by atoms with Crippen LogP contribution in [0.25, 0.3) is 11.1 Å². The van der Waals surface area contributed by atoms with Gasteiger partial charge in [-0.3, -0.25) is 9.59 Å². The highest BCUT2D eigenvalue weighted by atomic mass is 16.5. The van der Waals surface area contributed by atoms with Gasteiger partial charge >= 0.3 is 12.1 Å². The van der Waals surface area contributed by atoms with Crippen LogP contribution in [0.2, 0.25) is 0 Å². The zero-order valence-electron chi connectivity index (χ0n) is 18.3. The molecule has 1 aliphatic heterocycles. The first-order chi connectivity index (χ1) is 15.9. The third kappa shape index (κ3) is 5.17. The number of carbonyl (C=O) groups is 3. The molecule has 2 amide bonds. The Hall–Kier alpha value is -3.39. The first kappa shape index (κ1) is 22.8. The zero-order chi connectivity index (χ0) is 23.4. The lowest BCUT2D eigenvalue weighted by Gasteiger charge is -2.31. The van der Waals surface area contributed by atoms with E-state index in [1.807, 2.05) is 36.4 Å². The van der Waals surface area contributed by atoms with Gasteiger partial charge in [-0.15, -0.1) is 0 Å². The second kappa shape index (κ2) is 10.0. The van der Waals surface area contributed by atoms with Crippen LogP contribution < -0.4 is 5.32 Å². The molecule has 0 spiro atoms. The first-order valence-electron chi connectivity index (χ1n) is 11.2. The van der Waals surface area contributed by atoms with Crippen molar-refractivity contribution in [3.05, 3.63) is 59.7 Å². The number of carboxylic acids is 1. The average Bonchev–Trinajstić information content (AvgIpc) is 3.15. The zero-order valence-corrected chi connectivity index (χ0v) is 18.3. The van der Waals surface area contributed by atoms with Crippen molar-refractivity contribution >= 4 is 18.0 Å². The molecule has 8 nitrogen and oxygen atoms in total. The summed E-state index contributed by atoms with van der Waals surface area (Å²) in [6.45, 7) is 0.674. The lowest BCUT2D eigenvalue weighted by molar-refractivity contribution is -0.146. The molecule has 2 unspecified atom stereocenters. The molecular weight excluding hydrogens is 424 g/mol. The topological polar surface area (TPSA) is 116 Å². The predicted octanol–water partition coefficient (Wildman–Crippen LogP) is 2.60. The number of nitrogens with one attached hydrogen (secondary N) is 1. The number of piperidine rings is 1. The van der Waals surface area contributed by atoms with Gasteiger partial charge in [-0.05, 0) is 35.1 Å². The number of carboxylic acid groups (broad SMARTS) is 1. The Kier molecular flexibility index (Phi) is 6.93. The number of fused-ring (bicyclic) bond motifs is 3. The fourth-order valence-corrected chi connectivity index (χ4v) is 4.66. The lowest BCUT2D eigenvalue weighted by atomic mass is 9.98. The molecule has 1 saturated heterocycles. The van der Waals surface area contributed by atoms with Crippen molar-refractivity contribution in [2.24, 2.45) is 5.92 Å². The fraction of sp³-hybridized carbons (Fsp3) is 0.400. The smallest absolute Gasteiger partial charge is 0.407 e. The number of likely N-dealkylation sites (tertiary alicyclic amines) is 1. The van der Waals surface area contributed by atoms with Gasteiger partial charge in [0.05, 0.1) is 18.4 Å². The number of benzene rings is 2. The molecule has 0 radical (unpaired) electrons. The minimum Gasteiger partial charge on any atom is -0.481 e. The van der Waals surface area contributed by atoms with Gasteiger partial charge in [0.2, 0.25) is 5.91 Å². The Bertz CT molecular complexity index is 994. The molecule has 1 fully saturated rings. The number of nitrogens with zero attached hydrogens (tertiary/aromatic N) is 1. The van der Waals surface area contributed by atoms with Crippen LogP contribution in [0.5, 0.6) is 0 Å². The van der Waals surface area contributed by atoms with Crippen LogP contribution in [0.4, 0.5) is 4.79 Å². The van der Waals surface area contributed by atoms with Crippen molar-refractivity contribution < 1.29 is 29.3 Å². The number of aliphatic hydroxyl groups is 1. The number of rotatable bonds is 7. The maximum absolute atomic E-state index is 12.4. The molecule has 2 aliphatic rings. The van der Waals surface area contributed by atoms with Gasteiger partial charge in [0.15, 0.2) is 0 Å². The van der Waals surface area contributed by atoms with E-state index in [1.54, 1.807) is 0 Å². The van der Waals surface area contributed by atoms with Crippen LogP contribution in [-0.2, 0) is 14.3 Å². The minimum absolute atomic E-state index is 0.0593. The van der Waals surface area contributed by atoms with E-state index < -0.39 is 24.1 Å². The van der Waals surface area contributed by atoms with E-state index in [0.717, 1.165) is 22.3 Å². The Morgan fingerprint density at radius 3 is 2.33 bits per heavy atom. The summed E-state index contributed by atoms with van der Waals surface area (Å²) in [5.41, 5.74) is 4.49. The molecule has 8 heteroatoms. The monoisotopic (exact) mass is 452 g/mol. The maximum Gasteiger partial charge on any atom is 0.407 e. The Morgan fingerprint density at radius 1 is 1.06 bits per heavy atom.